The Labute approximate surface area is 182 Å². The van der Waals surface area contributed by atoms with Crippen LogP contribution in [0.15, 0.2) is 64.6 Å². The molecule has 3 aromatic rings. The van der Waals surface area contributed by atoms with Gasteiger partial charge in [0.25, 0.3) is 0 Å². The van der Waals surface area contributed by atoms with Crippen molar-refractivity contribution >= 4 is 22.2 Å². The van der Waals surface area contributed by atoms with Crippen molar-refractivity contribution in [3.05, 3.63) is 65.9 Å². The van der Waals surface area contributed by atoms with E-state index in [2.05, 4.69) is 11.1 Å². The van der Waals surface area contributed by atoms with Gasteiger partial charge < -0.3 is 4.74 Å². The monoisotopic (exact) mass is 436 g/mol. The van der Waals surface area contributed by atoms with E-state index in [1.807, 2.05) is 48.9 Å². The number of hydrogen-bond donors (Lipinski definition) is 0. The number of benzene rings is 2. The van der Waals surface area contributed by atoms with Gasteiger partial charge >= 0.3 is 0 Å². The van der Waals surface area contributed by atoms with Gasteiger partial charge in [0, 0.05) is 31.5 Å². The summed E-state index contributed by atoms with van der Waals surface area (Å²) >= 11 is 0. The van der Waals surface area contributed by atoms with Crippen molar-refractivity contribution in [1.29, 1.82) is 5.26 Å². The van der Waals surface area contributed by atoms with E-state index >= 15 is 0 Å². The molecule has 0 saturated heterocycles. The summed E-state index contributed by atoms with van der Waals surface area (Å²) in [6.07, 6.45) is 3.16. The van der Waals surface area contributed by atoms with Gasteiger partial charge in [-0.05, 0) is 43.7 Å². The third kappa shape index (κ3) is 4.53. The molecule has 0 radical (unpaired) electrons. The number of ether oxygens (including phenoxy) is 1. The van der Waals surface area contributed by atoms with Crippen molar-refractivity contribution in [2.75, 3.05) is 20.7 Å². The van der Waals surface area contributed by atoms with Crippen molar-refractivity contribution in [2.24, 2.45) is 4.99 Å². The predicted octanol–water partition coefficient (Wildman–Crippen LogP) is 4.27. The summed E-state index contributed by atoms with van der Waals surface area (Å²) in [6.45, 7) is 4.32. The number of nitrogens with zero attached hydrogens (tertiary/aromatic N) is 4. The van der Waals surface area contributed by atoms with E-state index in [-0.39, 0.29) is 4.90 Å². The minimum absolute atomic E-state index is 0.187. The lowest BCUT2D eigenvalue weighted by Crippen LogP contribution is -2.22. The highest BCUT2D eigenvalue weighted by Crippen LogP contribution is 2.35. The van der Waals surface area contributed by atoms with Crippen LogP contribution in [-0.4, -0.2) is 44.4 Å². The second-order valence-corrected chi connectivity index (χ2v) is 9.21. The maximum Gasteiger partial charge on any atom is 0.242 e. The van der Waals surface area contributed by atoms with Crippen LogP contribution in [0.25, 0.3) is 16.8 Å². The third-order valence-electron chi connectivity index (χ3n) is 4.76. The highest BCUT2D eigenvalue weighted by molar-refractivity contribution is 7.89. The van der Waals surface area contributed by atoms with Gasteiger partial charge in [-0.3, -0.25) is 4.57 Å². The molecule has 0 N–H and O–H groups in total. The number of aryl methyl sites for hydroxylation is 1. The molecule has 31 heavy (non-hydrogen) atoms. The van der Waals surface area contributed by atoms with Gasteiger partial charge in [0.15, 0.2) is 12.2 Å². The zero-order chi connectivity index (χ0) is 22.6. The molecule has 0 atom stereocenters. The quantitative estimate of drug-likeness (QED) is 0.409. The fourth-order valence-corrected chi connectivity index (χ4v) is 3.93. The maximum atomic E-state index is 12.4. The fraction of sp³-hybridized carbons (Fsp3) is 0.217. The summed E-state index contributed by atoms with van der Waals surface area (Å²) in [6, 6.07) is 16.6. The summed E-state index contributed by atoms with van der Waals surface area (Å²) in [5.74, 6) is 0.444. The normalized spacial score (nSPS) is 11.7. The zero-order valence-corrected chi connectivity index (χ0v) is 18.7. The van der Waals surface area contributed by atoms with E-state index < -0.39 is 10.0 Å². The number of rotatable bonds is 7. The Hall–Kier alpha value is -3.41. The summed E-state index contributed by atoms with van der Waals surface area (Å²) in [7, 11) is -0.558. The van der Waals surface area contributed by atoms with E-state index in [1.54, 1.807) is 12.1 Å². The topological polar surface area (TPSA) is 87.7 Å². The molecule has 0 aliphatic rings. The van der Waals surface area contributed by atoms with Gasteiger partial charge in [-0.15, -0.1) is 0 Å². The Bertz CT molecular complexity index is 1230. The lowest BCUT2D eigenvalue weighted by atomic mass is 10.1. The van der Waals surface area contributed by atoms with Crippen molar-refractivity contribution in [2.45, 2.75) is 18.7 Å². The maximum absolute atomic E-state index is 12.4. The van der Waals surface area contributed by atoms with Crippen LogP contribution in [0, 0.1) is 18.3 Å². The Morgan fingerprint density at radius 3 is 2.32 bits per heavy atom. The molecule has 0 spiro atoms. The lowest BCUT2D eigenvalue weighted by Gasteiger charge is -2.11. The van der Waals surface area contributed by atoms with E-state index in [4.69, 9.17) is 4.74 Å². The van der Waals surface area contributed by atoms with Crippen molar-refractivity contribution in [3.63, 3.8) is 0 Å². The van der Waals surface area contributed by atoms with Gasteiger partial charge in [0.05, 0.1) is 11.5 Å². The smallest absolute Gasteiger partial charge is 0.242 e. The van der Waals surface area contributed by atoms with Gasteiger partial charge in [0.1, 0.15) is 11.6 Å². The molecule has 0 saturated carbocycles. The summed E-state index contributed by atoms with van der Waals surface area (Å²) in [5, 5.41) is 9.90. The highest BCUT2D eigenvalue weighted by atomic mass is 32.2. The first-order valence-electron chi connectivity index (χ1n) is 9.69. The largest absolute Gasteiger partial charge is 0.483 e. The molecular weight excluding hydrogens is 412 g/mol. The standard InChI is InChI=1S/C23H24N4O3S/c1-5-30-16-25-23-21(14-24)22(15-27(23)19-10-6-17(2)7-11-19)18-8-12-20(13-9-18)31(28,29)26(3)4/h6-13,15-16H,5H2,1-4H3/b25-16+. The van der Waals surface area contributed by atoms with E-state index in [0.29, 0.717) is 29.1 Å². The van der Waals surface area contributed by atoms with Crippen LogP contribution in [0.4, 0.5) is 5.82 Å². The molecule has 0 aliphatic heterocycles. The molecule has 0 fully saturated rings. The van der Waals surface area contributed by atoms with Gasteiger partial charge in [-0.1, -0.05) is 29.8 Å². The van der Waals surface area contributed by atoms with E-state index in [0.717, 1.165) is 15.6 Å². The second kappa shape index (κ2) is 9.16. The first kappa shape index (κ1) is 22.3. The number of hydrogen-bond acceptors (Lipinski definition) is 5. The lowest BCUT2D eigenvalue weighted by molar-refractivity contribution is 0.344. The Kier molecular flexibility index (Phi) is 6.59. The van der Waals surface area contributed by atoms with Crippen LogP contribution in [0.5, 0.6) is 0 Å². The summed E-state index contributed by atoms with van der Waals surface area (Å²) < 4.78 is 33.0. The molecule has 0 bridgehead atoms. The molecule has 0 amide bonds. The zero-order valence-electron chi connectivity index (χ0n) is 17.9. The van der Waals surface area contributed by atoms with Crippen molar-refractivity contribution in [1.82, 2.24) is 8.87 Å². The fourth-order valence-electron chi connectivity index (χ4n) is 3.03. The summed E-state index contributed by atoms with van der Waals surface area (Å²) in [4.78, 5) is 4.57. The molecule has 0 unspecified atom stereocenters. The average molecular weight is 437 g/mol. The van der Waals surface area contributed by atoms with E-state index in [9.17, 15) is 13.7 Å². The van der Waals surface area contributed by atoms with Crippen molar-refractivity contribution < 1.29 is 13.2 Å². The second-order valence-electron chi connectivity index (χ2n) is 7.06. The number of nitriles is 1. The number of aromatic nitrogens is 1. The van der Waals surface area contributed by atoms with Crippen molar-refractivity contribution in [3.8, 4) is 22.9 Å². The number of sulfonamides is 1. The average Bonchev–Trinajstić information content (AvgIpc) is 3.13. The van der Waals surface area contributed by atoms with Gasteiger partial charge in [-0.2, -0.15) is 5.26 Å². The molecule has 2 aromatic carbocycles. The predicted molar refractivity (Wildman–Crippen MR) is 121 cm³/mol. The first-order valence-corrected chi connectivity index (χ1v) is 11.1. The first-order chi connectivity index (χ1) is 14.8. The molecule has 1 aromatic heterocycles. The third-order valence-corrected chi connectivity index (χ3v) is 6.59. The highest BCUT2D eigenvalue weighted by Gasteiger charge is 2.20. The molecular formula is C23H24N4O3S. The SMILES string of the molecule is CCO/C=N/c1c(C#N)c(-c2ccc(S(=O)(=O)N(C)C)cc2)cn1-c1ccc(C)cc1. The minimum Gasteiger partial charge on any atom is -0.483 e. The van der Waals surface area contributed by atoms with Crippen LogP contribution in [0.2, 0.25) is 0 Å². The van der Waals surface area contributed by atoms with Crippen LogP contribution in [-0.2, 0) is 14.8 Å². The van der Waals surface area contributed by atoms with E-state index in [1.165, 1.54) is 32.6 Å². The number of aliphatic imine (C=N–C) groups is 1. The van der Waals surface area contributed by atoms with Crippen LogP contribution < -0.4 is 0 Å². The van der Waals surface area contributed by atoms with Crippen LogP contribution in [0.3, 0.4) is 0 Å². The molecule has 3 rings (SSSR count). The summed E-state index contributed by atoms with van der Waals surface area (Å²) in [5.41, 5.74) is 3.71. The Morgan fingerprint density at radius 2 is 1.77 bits per heavy atom. The van der Waals surface area contributed by atoms with Gasteiger partial charge in [0.2, 0.25) is 10.0 Å². The Morgan fingerprint density at radius 1 is 1.13 bits per heavy atom. The molecule has 1 heterocycles. The molecule has 160 valence electrons. The molecule has 8 heteroatoms. The molecule has 7 nitrogen and oxygen atoms in total. The van der Waals surface area contributed by atoms with Crippen LogP contribution in [0.1, 0.15) is 18.1 Å². The molecule has 0 aliphatic carbocycles. The minimum atomic E-state index is -3.53. The van der Waals surface area contributed by atoms with Gasteiger partial charge in [-0.25, -0.2) is 17.7 Å². The Balaban J connectivity index is 2.16. The van der Waals surface area contributed by atoms with Crippen LogP contribution >= 0.6 is 0 Å².